The molecule has 0 atom stereocenters. The Balaban J connectivity index is 1.68. The number of nitrogens with one attached hydrogen (secondary N) is 1. The predicted molar refractivity (Wildman–Crippen MR) is 102 cm³/mol. The van der Waals surface area contributed by atoms with Crippen LogP contribution in [0.2, 0.25) is 0 Å². The normalized spacial score (nSPS) is 10.8. The van der Waals surface area contributed by atoms with Crippen LogP contribution in [0, 0.1) is 0 Å². The van der Waals surface area contributed by atoms with E-state index < -0.39 is 0 Å². The van der Waals surface area contributed by atoms with Crippen LogP contribution in [-0.2, 0) is 0 Å². The number of carbonyl (C=O) groups is 1. The van der Waals surface area contributed by atoms with Gasteiger partial charge in [0.15, 0.2) is 5.76 Å². The zero-order chi connectivity index (χ0) is 17.2. The number of halogens is 1. The average molecular weight is 393 g/mol. The number of hydrogen-bond donors (Lipinski definition) is 1. The molecule has 0 aliphatic rings. The zero-order valence-corrected chi connectivity index (χ0v) is 14.7. The predicted octanol–water partition coefficient (Wildman–Crippen LogP) is 5.51. The molecule has 4 nitrogen and oxygen atoms in total. The van der Waals surface area contributed by atoms with Crippen molar-refractivity contribution in [3.05, 3.63) is 82.8 Å². The van der Waals surface area contributed by atoms with Crippen molar-refractivity contribution in [1.29, 1.82) is 0 Å². The number of nitrogens with zero attached hydrogens (tertiary/aromatic N) is 1. The smallest absolute Gasteiger partial charge is 0.255 e. The fourth-order valence-electron chi connectivity index (χ4n) is 2.62. The lowest BCUT2D eigenvalue weighted by Crippen LogP contribution is -2.11. The highest BCUT2D eigenvalue weighted by atomic mass is 79.9. The Morgan fingerprint density at radius 2 is 1.72 bits per heavy atom. The first kappa shape index (κ1) is 15.6. The van der Waals surface area contributed by atoms with Crippen molar-refractivity contribution in [1.82, 2.24) is 5.16 Å². The van der Waals surface area contributed by atoms with Gasteiger partial charge in [0.2, 0.25) is 0 Å². The third-order valence-corrected chi connectivity index (χ3v) is 4.41. The quantitative estimate of drug-likeness (QED) is 0.499. The Bertz CT molecular complexity index is 1040. The molecule has 1 heterocycles. The van der Waals surface area contributed by atoms with Crippen LogP contribution in [0.3, 0.4) is 0 Å². The minimum absolute atomic E-state index is 0.176. The average Bonchev–Trinajstić information content (AvgIpc) is 3.07. The molecule has 0 radical (unpaired) electrons. The summed E-state index contributed by atoms with van der Waals surface area (Å²) < 4.78 is 6.44. The lowest BCUT2D eigenvalue weighted by atomic mass is 10.1. The van der Waals surface area contributed by atoms with Crippen molar-refractivity contribution in [2.75, 3.05) is 5.32 Å². The molecule has 0 unspecified atom stereocenters. The summed E-state index contributed by atoms with van der Waals surface area (Å²) in [5.41, 5.74) is 2.94. The molecule has 25 heavy (non-hydrogen) atoms. The molecule has 1 N–H and O–H groups in total. The van der Waals surface area contributed by atoms with E-state index in [0.29, 0.717) is 11.3 Å². The van der Waals surface area contributed by atoms with Crippen LogP contribution in [0.5, 0.6) is 0 Å². The summed E-state index contributed by atoms with van der Waals surface area (Å²) >= 11 is 3.38. The zero-order valence-electron chi connectivity index (χ0n) is 13.1. The molecule has 0 saturated heterocycles. The van der Waals surface area contributed by atoms with E-state index >= 15 is 0 Å². The van der Waals surface area contributed by atoms with Gasteiger partial charge in [-0.2, -0.15) is 0 Å². The Morgan fingerprint density at radius 3 is 2.48 bits per heavy atom. The number of benzene rings is 3. The van der Waals surface area contributed by atoms with Crippen LogP contribution in [0.1, 0.15) is 10.4 Å². The minimum Gasteiger partial charge on any atom is -0.355 e. The number of amides is 1. The Morgan fingerprint density at radius 1 is 0.960 bits per heavy atom. The van der Waals surface area contributed by atoms with Crippen molar-refractivity contribution in [3.63, 3.8) is 0 Å². The van der Waals surface area contributed by atoms with Gasteiger partial charge in [-0.15, -0.1) is 0 Å². The second-order valence-electron chi connectivity index (χ2n) is 5.57. The van der Waals surface area contributed by atoms with Gasteiger partial charge in [-0.1, -0.05) is 51.4 Å². The fraction of sp³-hybridized carbons (Fsp3) is 0. The second-order valence-corrected chi connectivity index (χ2v) is 6.49. The monoisotopic (exact) mass is 392 g/mol. The van der Waals surface area contributed by atoms with E-state index in [1.807, 2.05) is 60.7 Å². The van der Waals surface area contributed by atoms with Crippen molar-refractivity contribution >= 4 is 38.4 Å². The van der Waals surface area contributed by atoms with Crippen LogP contribution in [0.25, 0.3) is 22.2 Å². The van der Waals surface area contributed by atoms with E-state index in [2.05, 4.69) is 26.4 Å². The second kappa shape index (κ2) is 6.53. The summed E-state index contributed by atoms with van der Waals surface area (Å²) in [7, 11) is 0. The standard InChI is InChI=1S/C20H13BrN2O2/c21-15-7-9-16(10-8-15)22-20(24)14-6-11-18-17(12-14)19(25-23-18)13-4-2-1-3-5-13/h1-12H,(H,22,24). The van der Waals surface area contributed by atoms with E-state index in [4.69, 9.17) is 4.52 Å². The molecule has 4 aromatic rings. The molecular weight excluding hydrogens is 380 g/mol. The van der Waals surface area contributed by atoms with Gasteiger partial charge in [0.25, 0.3) is 5.91 Å². The highest BCUT2D eigenvalue weighted by Crippen LogP contribution is 2.29. The first-order valence-corrected chi connectivity index (χ1v) is 8.52. The number of fused-ring (bicyclic) bond motifs is 1. The molecule has 3 aromatic carbocycles. The highest BCUT2D eigenvalue weighted by Gasteiger charge is 2.14. The Labute approximate surface area is 152 Å². The summed E-state index contributed by atoms with van der Waals surface area (Å²) in [6.07, 6.45) is 0. The van der Waals surface area contributed by atoms with E-state index in [0.717, 1.165) is 26.6 Å². The SMILES string of the molecule is O=C(Nc1ccc(Br)cc1)c1ccc2noc(-c3ccccc3)c2c1. The molecule has 122 valence electrons. The van der Waals surface area contributed by atoms with Gasteiger partial charge in [0, 0.05) is 21.3 Å². The van der Waals surface area contributed by atoms with Gasteiger partial charge in [0.1, 0.15) is 5.52 Å². The molecule has 0 aliphatic heterocycles. The molecule has 0 bridgehead atoms. The number of rotatable bonds is 3. The molecular formula is C20H13BrN2O2. The van der Waals surface area contributed by atoms with Crippen molar-refractivity contribution < 1.29 is 9.32 Å². The summed E-state index contributed by atoms with van der Waals surface area (Å²) in [6, 6.07) is 22.5. The fourth-order valence-corrected chi connectivity index (χ4v) is 2.88. The van der Waals surface area contributed by atoms with Crippen LogP contribution >= 0.6 is 15.9 Å². The number of carbonyl (C=O) groups excluding carboxylic acids is 1. The van der Waals surface area contributed by atoms with Gasteiger partial charge >= 0.3 is 0 Å². The Kier molecular flexibility index (Phi) is 4.07. The van der Waals surface area contributed by atoms with Crippen molar-refractivity contribution in [2.24, 2.45) is 0 Å². The molecule has 1 amide bonds. The maximum absolute atomic E-state index is 12.5. The van der Waals surface area contributed by atoms with E-state index in [1.54, 1.807) is 12.1 Å². The molecule has 0 fully saturated rings. The Hall–Kier alpha value is -2.92. The topological polar surface area (TPSA) is 55.1 Å². The molecule has 0 saturated carbocycles. The van der Waals surface area contributed by atoms with Gasteiger partial charge in [-0.3, -0.25) is 4.79 Å². The van der Waals surface area contributed by atoms with Crippen LogP contribution < -0.4 is 5.32 Å². The third-order valence-electron chi connectivity index (χ3n) is 3.88. The van der Waals surface area contributed by atoms with Crippen LogP contribution in [-0.4, -0.2) is 11.1 Å². The first-order chi connectivity index (χ1) is 12.2. The van der Waals surface area contributed by atoms with E-state index in [1.165, 1.54) is 0 Å². The van der Waals surface area contributed by atoms with Gasteiger partial charge in [0.05, 0.1) is 5.39 Å². The van der Waals surface area contributed by atoms with Crippen LogP contribution in [0.15, 0.2) is 81.8 Å². The molecule has 5 heteroatoms. The summed E-state index contributed by atoms with van der Waals surface area (Å²) in [5.74, 6) is 0.485. The number of hydrogen-bond acceptors (Lipinski definition) is 3. The number of aromatic nitrogens is 1. The number of anilines is 1. The minimum atomic E-state index is -0.176. The van der Waals surface area contributed by atoms with Gasteiger partial charge < -0.3 is 9.84 Å². The van der Waals surface area contributed by atoms with Crippen molar-refractivity contribution in [3.8, 4) is 11.3 Å². The summed E-state index contributed by atoms with van der Waals surface area (Å²) in [6.45, 7) is 0. The maximum atomic E-state index is 12.5. The first-order valence-electron chi connectivity index (χ1n) is 7.72. The van der Waals surface area contributed by atoms with Gasteiger partial charge in [-0.05, 0) is 42.5 Å². The van der Waals surface area contributed by atoms with E-state index in [-0.39, 0.29) is 5.91 Å². The van der Waals surface area contributed by atoms with Crippen LogP contribution in [0.4, 0.5) is 5.69 Å². The van der Waals surface area contributed by atoms with Crippen molar-refractivity contribution in [2.45, 2.75) is 0 Å². The largest absolute Gasteiger partial charge is 0.355 e. The lowest BCUT2D eigenvalue weighted by Gasteiger charge is -2.05. The molecule has 4 rings (SSSR count). The summed E-state index contributed by atoms with van der Waals surface area (Å²) in [5, 5.41) is 7.78. The molecule has 0 aliphatic carbocycles. The maximum Gasteiger partial charge on any atom is 0.255 e. The third kappa shape index (κ3) is 3.19. The molecule has 1 aromatic heterocycles. The molecule has 0 spiro atoms. The lowest BCUT2D eigenvalue weighted by molar-refractivity contribution is 0.102. The summed E-state index contributed by atoms with van der Waals surface area (Å²) in [4.78, 5) is 12.5. The van der Waals surface area contributed by atoms with Gasteiger partial charge in [-0.25, -0.2) is 0 Å². The van der Waals surface area contributed by atoms with E-state index in [9.17, 15) is 4.79 Å². The highest BCUT2D eigenvalue weighted by molar-refractivity contribution is 9.10.